The van der Waals surface area contributed by atoms with E-state index in [2.05, 4.69) is 23.8 Å². The number of unbranched alkanes of at least 4 members (excludes halogenated alkanes) is 1. The third-order valence-corrected chi connectivity index (χ3v) is 12.5. The number of carbonyl (C=O) groups is 2. The van der Waals surface area contributed by atoms with Crippen molar-refractivity contribution >= 4 is 35.0 Å². The monoisotopic (exact) mass is 1110 g/mol. The predicted molar refractivity (Wildman–Crippen MR) is 284 cm³/mol. The molecule has 17 nitrogen and oxygen atoms in total. The van der Waals surface area contributed by atoms with E-state index in [1.807, 2.05) is 69.3 Å². The van der Waals surface area contributed by atoms with E-state index >= 15 is 0 Å². The fourth-order valence-corrected chi connectivity index (χ4v) is 8.59. The van der Waals surface area contributed by atoms with Gasteiger partial charge in [-0.3, -0.25) is 37.4 Å². The molecule has 4 heterocycles. The third-order valence-electron chi connectivity index (χ3n) is 12.5. The Kier molecular flexibility index (Phi) is 21.6. The quantitative estimate of drug-likeness (QED) is 0.0466. The van der Waals surface area contributed by atoms with Crippen molar-refractivity contribution in [3.8, 4) is 23.0 Å². The first-order valence-corrected chi connectivity index (χ1v) is 24.6. The van der Waals surface area contributed by atoms with Gasteiger partial charge in [0, 0.05) is 64.2 Å². The number of aromatic nitrogens is 6. The zero-order valence-electron chi connectivity index (χ0n) is 43.9. The molecular weight excluding hydrogens is 1050 g/mol. The standard InChI is InChI=1S/C28H28FN3O5.C28H30FN3O4.CH2O2.Zn/c1-18(2)21-7-4-5-8-23(21)37-24-16-30-26-25(22(24)15-19-9-11-20(29)12-10-19)27(34)32(28(35)31(26)3)13-6-14-36-17-33;1-5-6-15-32-27(34)24-23(25(33)18-11-13-19(29)14-12-18)22(16-30-26(24)31(4)28(32)35)36-21-10-8-7-9-20(21)17(2)3;2-1-3;/h4-5,7-12,16-18H,6,13-15H2,1-3H3;7-14,16-17,25,33H,5-6,15H2,1-4H3;1H,(H,2,3);. The van der Waals surface area contributed by atoms with Crippen molar-refractivity contribution in [2.24, 2.45) is 14.1 Å². The minimum atomic E-state index is -1.33. The van der Waals surface area contributed by atoms with Crippen molar-refractivity contribution in [3.63, 3.8) is 0 Å². The van der Waals surface area contributed by atoms with Crippen LogP contribution in [0.4, 0.5) is 8.78 Å². The maximum absolute atomic E-state index is 13.7. The van der Waals surface area contributed by atoms with Crippen LogP contribution in [0, 0.1) is 11.6 Å². The topological polar surface area (TPSA) is 216 Å². The van der Waals surface area contributed by atoms with Crippen LogP contribution in [0.2, 0.25) is 0 Å². The number of benzene rings is 4. The van der Waals surface area contributed by atoms with Crippen LogP contribution in [0.25, 0.3) is 22.1 Å². The second-order valence-electron chi connectivity index (χ2n) is 18.3. The Morgan fingerprint density at radius 1 is 0.636 bits per heavy atom. The fraction of sp³-hybridized carbons (Fsp3) is 0.298. The predicted octanol–water partition coefficient (Wildman–Crippen LogP) is 9.03. The number of aliphatic hydroxyl groups is 1. The molecule has 0 aliphatic heterocycles. The maximum Gasteiger partial charge on any atom is 0.332 e. The van der Waals surface area contributed by atoms with E-state index in [-0.39, 0.29) is 110 Å². The van der Waals surface area contributed by atoms with E-state index in [1.54, 1.807) is 26.2 Å². The van der Waals surface area contributed by atoms with Gasteiger partial charge < -0.3 is 24.4 Å². The number of aryl methyl sites for hydroxylation is 2. The first-order chi connectivity index (χ1) is 36.5. The van der Waals surface area contributed by atoms with Crippen LogP contribution in [0.3, 0.4) is 0 Å². The van der Waals surface area contributed by atoms with Gasteiger partial charge in [-0.25, -0.2) is 28.3 Å². The molecule has 20 heteroatoms. The molecule has 2 N–H and O–H groups in total. The second-order valence-corrected chi connectivity index (χ2v) is 18.3. The van der Waals surface area contributed by atoms with Gasteiger partial charge in [0.2, 0.25) is 0 Å². The van der Waals surface area contributed by atoms with Gasteiger partial charge in [0.1, 0.15) is 46.3 Å². The summed E-state index contributed by atoms with van der Waals surface area (Å²) in [6.45, 7) is 10.6. The van der Waals surface area contributed by atoms with Crippen molar-refractivity contribution in [3.05, 3.63) is 196 Å². The number of pyridine rings is 2. The van der Waals surface area contributed by atoms with E-state index in [9.17, 15) is 37.9 Å². The Hall–Kier alpha value is -7.96. The van der Waals surface area contributed by atoms with Crippen molar-refractivity contribution in [2.75, 3.05) is 6.61 Å². The summed E-state index contributed by atoms with van der Waals surface area (Å²) in [5.74, 6) is 1.29. The molecule has 8 aromatic rings. The van der Waals surface area contributed by atoms with Crippen molar-refractivity contribution < 1.29 is 62.3 Å². The summed E-state index contributed by atoms with van der Waals surface area (Å²) in [4.78, 5) is 81.0. The Morgan fingerprint density at radius 3 is 1.60 bits per heavy atom. The molecule has 400 valence electrons. The molecule has 77 heavy (non-hydrogen) atoms. The minimum Gasteiger partial charge on any atom is -0.483 e. The number of fused-ring (bicyclic) bond motifs is 2. The Labute approximate surface area is 454 Å². The van der Waals surface area contributed by atoms with Gasteiger partial charge in [0.25, 0.3) is 24.1 Å². The Balaban J connectivity index is 0.000000267. The van der Waals surface area contributed by atoms with Gasteiger partial charge in [0.05, 0.1) is 29.8 Å². The summed E-state index contributed by atoms with van der Waals surface area (Å²) in [6.07, 6.45) is 3.57. The smallest absolute Gasteiger partial charge is 0.332 e. The average Bonchev–Trinajstić information content (AvgIpc) is 3.44. The largest absolute Gasteiger partial charge is 0.483 e. The molecule has 0 spiro atoms. The zero-order chi connectivity index (χ0) is 55.2. The molecule has 0 saturated heterocycles. The molecule has 8 rings (SSSR count). The van der Waals surface area contributed by atoms with Crippen LogP contribution >= 0.6 is 0 Å². The molecule has 1 atom stereocenters. The summed E-state index contributed by atoms with van der Waals surface area (Å²) in [6, 6.07) is 26.5. The van der Waals surface area contributed by atoms with Crippen molar-refractivity contribution in [1.29, 1.82) is 0 Å². The van der Waals surface area contributed by atoms with E-state index in [4.69, 9.17) is 24.1 Å². The molecule has 0 saturated carbocycles. The van der Waals surface area contributed by atoms with Gasteiger partial charge in [-0.2, -0.15) is 0 Å². The van der Waals surface area contributed by atoms with E-state index in [0.29, 0.717) is 41.3 Å². The minimum absolute atomic E-state index is 0. The number of carboxylic acid groups (broad SMARTS) is 1. The van der Waals surface area contributed by atoms with Crippen LogP contribution in [0.5, 0.6) is 23.0 Å². The number of nitrogens with zero attached hydrogens (tertiary/aromatic N) is 6. The van der Waals surface area contributed by atoms with Crippen LogP contribution in [-0.2, 0) is 67.4 Å². The molecule has 0 fully saturated rings. The van der Waals surface area contributed by atoms with Crippen LogP contribution < -0.4 is 32.0 Å². The first-order valence-electron chi connectivity index (χ1n) is 24.6. The molecule has 0 aliphatic carbocycles. The summed E-state index contributed by atoms with van der Waals surface area (Å²) in [5, 5.41) is 18.7. The number of rotatable bonds is 18. The number of aliphatic hydroxyl groups excluding tert-OH is 1. The summed E-state index contributed by atoms with van der Waals surface area (Å²) in [7, 11) is 3.09. The molecule has 4 aromatic carbocycles. The fourth-order valence-electron chi connectivity index (χ4n) is 8.59. The van der Waals surface area contributed by atoms with E-state index in [1.165, 1.54) is 62.5 Å². The summed E-state index contributed by atoms with van der Waals surface area (Å²) in [5.41, 5.74) is 2.07. The molecule has 4 aromatic heterocycles. The first kappa shape index (κ1) is 59.9. The number of para-hydroxylation sites is 2. The van der Waals surface area contributed by atoms with Crippen LogP contribution in [-0.4, -0.2) is 58.0 Å². The van der Waals surface area contributed by atoms with Gasteiger partial charge in [-0.05, 0) is 83.3 Å². The number of hydrogen-bond donors (Lipinski definition) is 2. The number of carbonyl (C=O) groups excluding carboxylic acids is 1. The van der Waals surface area contributed by atoms with Crippen molar-refractivity contribution in [1.82, 2.24) is 28.2 Å². The average molecular weight is 1110 g/mol. The van der Waals surface area contributed by atoms with E-state index in [0.717, 1.165) is 27.7 Å². The summed E-state index contributed by atoms with van der Waals surface area (Å²) < 4.78 is 49.5. The maximum atomic E-state index is 13.7. The van der Waals surface area contributed by atoms with Gasteiger partial charge in [-0.15, -0.1) is 0 Å². The molecule has 1 unspecified atom stereocenters. The van der Waals surface area contributed by atoms with Gasteiger partial charge in [0.15, 0.2) is 5.75 Å². The second kappa shape index (κ2) is 27.7. The summed E-state index contributed by atoms with van der Waals surface area (Å²) >= 11 is 0. The number of hydrogen-bond acceptors (Lipinski definition) is 12. The normalized spacial score (nSPS) is 11.3. The van der Waals surface area contributed by atoms with Gasteiger partial charge >= 0.3 is 11.4 Å². The molecule has 0 amide bonds. The van der Waals surface area contributed by atoms with Crippen LogP contribution in [0.1, 0.15) is 105 Å². The van der Waals surface area contributed by atoms with Crippen molar-refractivity contribution in [2.45, 2.75) is 91.3 Å². The Bertz CT molecular complexity index is 3580. The third kappa shape index (κ3) is 13.9. The Morgan fingerprint density at radius 2 is 1.09 bits per heavy atom. The molecule has 0 bridgehead atoms. The number of ether oxygens (including phenoxy) is 3. The zero-order valence-corrected chi connectivity index (χ0v) is 46.9. The van der Waals surface area contributed by atoms with Gasteiger partial charge in [-0.1, -0.05) is 102 Å². The number of halogens is 2. The SMILES string of the molecule is CC(C)c1ccccc1Oc1cnc2c(c1Cc1ccc(F)cc1)c(=O)n(CCCOC=O)c(=O)n2C.CCCCn1c(=O)c2c(C(O)c3ccc(F)cc3)c(Oc3ccccc3C(C)C)cnc2n(C)c1=O.O=CO.[Zn]. The molecule has 0 radical (unpaired) electrons. The van der Waals surface area contributed by atoms with Crippen LogP contribution in [0.15, 0.2) is 129 Å². The molecular formula is C57H60F2N6O11Zn. The van der Waals surface area contributed by atoms with E-state index < -0.39 is 34.4 Å². The molecule has 0 aliphatic rings.